The first-order chi connectivity index (χ1) is 14.1. The number of ether oxygens (including phenoxy) is 1. The zero-order chi connectivity index (χ0) is 20.4. The summed E-state index contributed by atoms with van der Waals surface area (Å²) in [5.74, 6) is 0.635. The Morgan fingerprint density at radius 1 is 1.14 bits per heavy atom. The highest BCUT2D eigenvalue weighted by molar-refractivity contribution is 7.98. The van der Waals surface area contributed by atoms with Crippen molar-refractivity contribution < 1.29 is 14.3 Å². The van der Waals surface area contributed by atoms with E-state index in [1.54, 1.807) is 41.4 Å². The lowest BCUT2D eigenvalue weighted by Gasteiger charge is -2.19. The van der Waals surface area contributed by atoms with Crippen molar-refractivity contribution >= 4 is 35.0 Å². The molecule has 2 aromatic carbocycles. The van der Waals surface area contributed by atoms with Crippen molar-refractivity contribution in [3.63, 3.8) is 0 Å². The molecule has 1 aliphatic heterocycles. The van der Waals surface area contributed by atoms with Crippen LogP contribution in [0.1, 0.15) is 27.6 Å². The Hall–Kier alpha value is -3.32. The lowest BCUT2D eigenvalue weighted by atomic mass is 10.1. The van der Waals surface area contributed by atoms with E-state index in [4.69, 9.17) is 4.74 Å². The van der Waals surface area contributed by atoms with Crippen LogP contribution in [0.15, 0.2) is 65.8 Å². The predicted octanol–water partition coefficient (Wildman–Crippen LogP) is 4.83. The fourth-order valence-electron chi connectivity index (χ4n) is 3.24. The number of nitrogens with zero attached hydrogens (tertiary/aromatic N) is 2. The van der Waals surface area contributed by atoms with Crippen LogP contribution < -0.4 is 15.0 Å². The van der Waals surface area contributed by atoms with Crippen LogP contribution in [0.5, 0.6) is 11.5 Å². The van der Waals surface area contributed by atoms with E-state index in [1.165, 1.54) is 11.8 Å². The summed E-state index contributed by atoms with van der Waals surface area (Å²) in [5, 5.41) is 3.50. The molecule has 0 atom stereocenters. The second kappa shape index (κ2) is 7.97. The third kappa shape index (κ3) is 3.56. The summed E-state index contributed by atoms with van der Waals surface area (Å²) in [5.41, 5.74) is 2.13. The van der Waals surface area contributed by atoms with Gasteiger partial charge < -0.3 is 15.0 Å². The Bertz CT molecular complexity index is 1100. The van der Waals surface area contributed by atoms with Gasteiger partial charge in [-0.25, -0.2) is 4.98 Å². The number of nitrogens with one attached hydrogen (secondary N) is 1. The third-order valence-electron chi connectivity index (χ3n) is 4.61. The van der Waals surface area contributed by atoms with Crippen LogP contribution in [0.2, 0.25) is 0 Å². The Balaban J connectivity index is 1.68. The number of aromatic nitrogens is 1. The number of hydrogen-bond acceptors (Lipinski definition) is 5. The van der Waals surface area contributed by atoms with E-state index in [0.29, 0.717) is 39.9 Å². The lowest BCUT2D eigenvalue weighted by Crippen LogP contribution is -2.29. The molecule has 7 heteroatoms. The van der Waals surface area contributed by atoms with Crippen molar-refractivity contribution in [2.75, 3.05) is 23.0 Å². The maximum atomic E-state index is 13.2. The maximum Gasteiger partial charge on any atom is 0.262 e. The number of fused-ring (bicyclic) bond motifs is 2. The van der Waals surface area contributed by atoms with Crippen LogP contribution in [0.4, 0.5) is 11.4 Å². The number of para-hydroxylation sites is 2. The van der Waals surface area contributed by atoms with Crippen molar-refractivity contribution in [3.8, 4) is 11.5 Å². The first kappa shape index (κ1) is 19.0. The largest absolute Gasteiger partial charge is 0.454 e. The quantitative estimate of drug-likeness (QED) is 0.630. The van der Waals surface area contributed by atoms with Crippen LogP contribution in [-0.2, 0) is 0 Å². The number of thioether (sulfide) groups is 1. The highest BCUT2D eigenvalue weighted by Crippen LogP contribution is 2.39. The molecule has 29 heavy (non-hydrogen) atoms. The molecule has 3 aromatic rings. The van der Waals surface area contributed by atoms with Crippen LogP contribution in [0.25, 0.3) is 0 Å². The number of benzene rings is 2. The molecule has 2 amide bonds. The van der Waals surface area contributed by atoms with Crippen molar-refractivity contribution in [3.05, 3.63) is 71.9 Å². The molecule has 0 saturated heterocycles. The maximum absolute atomic E-state index is 13.2. The van der Waals surface area contributed by atoms with Gasteiger partial charge >= 0.3 is 0 Å². The average molecular weight is 405 g/mol. The van der Waals surface area contributed by atoms with Gasteiger partial charge in [-0.15, -0.1) is 11.8 Å². The van der Waals surface area contributed by atoms with Gasteiger partial charge in [0.25, 0.3) is 11.8 Å². The minimum absolute atomic E-state index is 0.172. The molecule has 0 saturated carbocycles. The normalized spacial score (nSPS) is 12.5. The molecule has 0 unspecified atom stereocenters. The predicted molar refractivity (Wildman–Crippen MR) is 114 cm³/mol. The SMILES string of the molecule is CCN1C(=O)c2cc(NC(=O)c3cccnc3SC)ccc2Oc2ccccc21. The Labute approximate surface area is 172 Å². The van der Waals surface area contributed by atoms with Gasteiger partial charge in [0, 0.05) is 18.4 Å². The summed E-state index contributed by atoms with van der Waals surface area (Å²) in [7, 11) is 0. The fourth-order valence-corrected chi connectivity index (χ4v) is 3.79. The van der Waals surface area contributed by atoms with E-state index >= 15 is 0 Å². The molecule has 4 rings (SSSR count). The zero-order valence-corrected chi connectivity index (χ0v) is 16.8. The number of hydrogen-bond donors (Lipinski definition) is 1. The molecule has 6 nitrogen and oxygen atoms in total. The second-order valence-electron chi connectivity index (χ2n) is 6.34. The molecule has 1 aromatic heterocycles. The first-order valence-corrected chi connectivity index (χ1v) is 10.4. The summed E-state index contributed by atoms with van der Waals surface area (Å²) in [4.78, 5) is 31.8. The van der Waals surface area contributed by atoms with Gasteiger partial charge in [-0.05, 0) is 55.6 Å². The van der Waals surface area contributed by atoms with E-state index in [1.807, 2.05) is 37.4 Å². The summed E-state index contributed by atoms with van der Waals surface area (Å²) < 4.78 is 6.00. The molecule has 146 valence electrons. The summed E-state index contributed by atoms with van der Waals surface area (Å²) in [6.45, 7) is 2.42. The molecule has 1 N–H and O–H groups in total. The lowest BCUT2D eigenvalue weighted by molar-refractivity contribution is 0.0985. The molecule has 0 aliphatic carbocycles. The van der Waals surface area contributed by atoms with Crippen molar-refractivity contribution in [2.24, 2.45) is 0 Å². The van der Waals surface area contributed by atoms with Crippen molar-refractivity contribution in [1.82, 2.24) is 4.98 Å². The smallest absolute Gasteiger partial charge is 0.262 e. The number of rotatable bonds is 4. The Morgan fingerprint density at radius 3 is 2.76 bits per heavy atom. The van der Waals surface area contributed by atoms with E-state index < -0.39 is 0 Å². The minimum Gasteiger partial charge on any atom is -0.454 e. The van der Waals surface area contributed by atoms with Gasteiger partial charge in [0.2, 0.25) is 0 Å². The topological polar surface area (TPSA) is 71.5 Å². The summed E-state index contributed by atoms with van der Waals surface area (Å²) in [6.07, 6.45) is 3.52. The van der Waals surface area contributed by atoms with E-state index in [9.17, 15) is 9.59 Å². The molecular weight excluding hydrogens is 386 g/mol. The van der Waals surface area contributed by atoms with Gasteiger partial charge in [0.05, 0.1) is 16.8 Å². The van der Waals surface area contributed by atoms with Crippen LogP contribution >= 0.6 is 11.8 Å². The standard InChI is InChI=1S/C22H19N3O3S/c1-3-25-17-8-4-5-9-19(17)28-18-11-10-14(13-16(18)22(25)27)24-20(26)15-7-6-12-23-21(15)29-2/h4-13H,3H2,1-2H3,(H,24,26). The number of carbonyl (C=O) groups excluding carboxylic acids is 2. The van der Waals surface area contributed by atoms with Gasteiger partial charge in [-0.1, -0.05) is 12.1 Å². The number of amides is 2. The number of pyridine rings is 1. The number of carbonyl (C=O) groups is 2. The van der Waals surface area contributed by atoms with Gasteiger partial charge in [-0.3, -0.25) is 9.59 Å². The monoisotopic (exact) mass is 405 g/mol. The fraction of sp³-hybridized carbons (Fsp3) is 0.136. The minimum atomic E-state index is -0.278. The summed E-state index contributed by atoms with van der Waals surface area (Å²) in [6, 6.07) is 16.0. The molecule has 2 heterocycles. The van der Waals surface area contributed by atoms with Crippen molar-refractivity contribution in [2.45, 2.75) is 11.9 Å². The molecule has 0 fully saturated rings. The zero-order valence-electron chi connectivity index (χ0n) is 16.0. The second-order valence-corrected chi connectivity index (χ2v) is 7.14. The molecule has 1 aliphatic rings. The van der Waals surface area contributed by atoms with Crippen LogP contribution in [0.3, 0.4) is 0 Å². The Morgan fingerprint density at radius 2 is 1.97 bits per heavy atom. The summed E-state index contributed by atoms with van der Waals surface area (Å²) >= 11 is 1.40. The number of anilines is 2. The third-order valence-corrected chi connectivity index (χ3v) is 5.33. The van der Waals surface area contributed by atoms with E-state index in [-0.39, 0.29) is 11.8 Å². The average Bonchev–Trinajstić information content (AvgIpc) is 2.87. The van der Waals surface area contributed by atoms with E-state index in [2.05, 4.69) is 10.3 Å². The first-order valence-electron chi connectivity index (χ1n) is 9.15. The van der Waals surface area contributed by atoms with Crippen LogP contribution in [0, 0.1) is 0 Å². The Kier molecular flexibility index (Phi) is 5.22. The van der Waals surface area contributed by atoms with Gasteiger partial charge in [0.1, 0.15) is 10.8 Å². The highest BCUT2D eigenvalue weighted by Gasteiger charge is 2.27. The highest BCUT2D eigenvalue weighted by atomic mass is 32.2. The van der Waals surface area contributed by atoms with Gasteiger partial charge in [-0.2, -0.15) is 0 Å². The van der Waals surface area contributed by atoms with Gasteiger partial charge in [0.15, 0.2) is 5.75 Å². The van der Waals surface area contributed by atoms with Crippen molar-refractivity contribution in [1.29, 1.82) is 0 Å². The molecule has 0 spiro atoms. The van der Waals surface area contributed by atoms with Crippen LogP contribution in [-0.4, -0.2) is 29.6 Å². The molecule has 0 bridgehead atoms. The molecular formula is C22H19N3O3S. The molecule has 0 radical (unpaired) electrons. The van der Waals surface area contributed by atoms with E-state index in [0.717, 1.165) is 5.69 Å².